The van der Waals surface area contributed by atoms with Crippen LogP contribution in [0, 0.1) is 0 Å². The zero-order valence-electron chi connectivity index (χ0n) is 28.4. The Morgan fingerprint density at radius 2 is 1.52 bits per heavy atom. The van der Waals surface area contributed by atoms with Gasteiger partial charge in [0.15, 0.2) is 0 Å². The van der Waals surface area contributed by atoms with E-state index in [1.807, 2.05) is 60.7 Å². The van der Waals surface area contributed by atoms with Gasteiger partial charge in [-0.2, -0.15) is 0 Å². The summed E-state index contributed by atoms with van der Waals surface area (Å²) in [6.45, 7) is 0.0459. The highest BCUT2D eigenvalue weighted by Gasteiger charge is 2.55. The number of benzene rings is 4. The zero-order chi connectivity index (χ0) is 36.3. The average Bonchev–Trinajstić information content (AvgIpc) is 3.60. The van der Waals surface area contributed by atoms with Crippen LogP contribution in [-0.4, -0.2) is 72.7 Å². The Kier molecular flexibility index (Phi) is 11.9. The molecular weight excluding hydrogens is 664 g/mol. The monoisotopic (exact) mass is 704 g/mol. The molecule has 3 atom stereocenters. The Morgan fingerprint density at radius 1 is 0.808 bits per heavy atom. The van der Waals surface area contributed by atoms with Crippen LogP contribution in [0.2, 0.25) is 0 Å². The molecule has 268 valence electrons. The van der Waals surface area contributed by atoms with Gasteiger partial charge in [-0.15, -0.1) is 0 Å². The predicted molar refractivity (Wildman–Crippen MR) is 192 cm³/mol. The number of aliphatic hydroxyl groups is 2. The van der Waals surface area contributed by atoms with Crippen LogP contribution in [0.3, 0.4) is 0 Å². The van der Waals surface area contributed by atoms with Crippen LogP contribution in [0.1, 0.15) is 49.4 Å². The van der Waals surface area contributed by atoms with E-state index in [0.717, 1.165) is 11.1 Å². The van der Waals surface area contributed by atoms with E-state index < -0.39 is 30.1 Å². The lowest BCUT2D eigenvalue weighted by Gasteiger charge is -2.31. The molecule has 4 aromatic carbocycles. The first-order chi connectivity index (χ1) is 25.4. The van der Waals surface area contributed by atoms with Gasteiger partial charge in [-0.25, -0.2) is 4.79 Å². The number of esters is 1. The summed E-state index contributed by atoms with van der Waals surface area (Å²) in [7, 11) is 0. The van der Waals surface area contributed by atoms with Gasteiger partial charge in [0, 0.05) is 41.8 Å². The van der Waals surface area contributed by atoms with E-state index in [-0.39, 0.29) is 56.7 Å². The highest BCUT2D eigenvalue weighted by Crippen LogP contribution is 2.47. The maximum Gasteiger partial charge on any atom is 0.339 e. The minimum Gasteiger partial charge on any atom is -0.499 e. The number of aliphatic hydroxyl groups excluding tert-OH is 2. The summed E-state index contributed by atoms with van der Waals surface area (Å²) in [6.07, 6.45) is 2.33. The lowest BCUT2D eigenvalue weighted by atomic mass is 9.91. The SMILES string of the molecule is O=C(NCc1cccc(C(=O)NCCO)c1)C1=CC2OC(c3ccccc3)(c3ccccc3)OC2C(OC(=O)c2ccccc2C=COCCO)C1. The summed E-state index contributed by atoms with van der Waals surface area (Å²) in [5.41, 5.74) is 3.75. The molecule has 52 heavy (non-hydrogen) atoms. The van der Waals surface area contributed by atoms with Crippen LogP contribution >= 0.6 is 0 Å². The minimum atomic E-state index is -1.35. The average molecular weight is 705 g/mol. The lowest BCUT2D eigenvalue weighted by Crippen LogP contribution is -2.43. The molecular formula is C41H40N2O9. The van der Waals surface area contributed by atoms with Crippen molar-refractivity contribution in [3.8, 4) is 0 Å². The molecule has 1 fully saturated rings. The number of fused-ring (bicyclic) bond motifs is 1. The summed E-state index contributed by atoms with van der Waals surface area (Å²) in [5, 5.41) is 23.6. The van der Waals surface area contributed by atoms with Crippen LogP contribution in [-0.2, 0) is 36.1 Å². The summed E-state index contributed by atoms with van der Waals surface area (Å²) in [5.74, 6) is -2.70. The third kappa shape index (κ3) is 8.30. The van der Waals surface area contributed by atoms with Crippen LogP contribution in [0.5, 0.6) is 0 Å². The second kappa shape index (κ2) is 17.1. The van der Waals surface area contributed by atoms with Gasteiger partial charge in [-0.1, -0.05) is 91.0 Å². The number of nitrogens with one attached hydrogen (secondary N) is 2. The van der Waals surface area contributed by atoms with Gasteiger partial charge < -0.3 is 39.8 Å². The smallest absolute Gasteiger partial charge is 0.339 e. The van der Waals surface area contributed by atoms with E-state index in [2.05, 4.69) is 10.6 Å². The maximum atomic E-state index is 13.9. The molecule has 6 rings (SSSR count). The molecule has 0 saturated carbocycles. The highest BCUT2D eigenvalue weighted by atomic mass is 16.8. The topological polar surface area (TPSA) is 153 Å². The zero-order valence-corrected chi connectivity index (χ0v) is 28.4. The Labute approximate surface area is 301 Å². The van der Waals surface area contributed by atoms with Crippen molar-refractivity contribution in [3.63, 3.8) is 0 Å². The first-order valence-electron chi connectivity index (χ1n) is 17.0. The highest BCUT2D eigenvalue weighted by molar-refractivity contribution is 5.96. The predicted octanol–water partition coefficient (Wildman–Crippen LogP) is 4.25. The lowest BCUT2D eigenvalue weighted by molar-refractivity contribution is -0.157. The second-order valence-corrected chi connectivity index (χ2v) is 12.2. The summed E-state index contributed by atoms with van der Waals surface area (Å²) < 4.78 is 25.1. The molecule has 0 radical (unpaired) electrons. The van der Waals surface area contributed by atoms with E-state index in [1.165, 1.54) is 6.26 Å². The van der Waals surface area contributed by atoms with Gasteiger partial charge in [-0.3, -0.25) is 9.59 Å². The fraction of sp³-hybridized carbons (Fsp3) is 0.244. The largest absolute Gasteiger partial charge is 0.499 e. The fourth-order valence-corrected chi connectivity index (χ4v) is 6.25. The van der Waals surface area contributed by atoms with Crippen LogP contribution in [0.25, 0.3) is 6.08 Å². The van der Waals surface area contributed by atoms with Crippen LogP contribution in [0.15, 0.2) is 127 Å². The van der Waals surface area contributed by atoms with E-state index in [9.17, 15) is 14.4 Å². The van der Waals surface area contributed by atoms with Crippen LogP contribution in [0.4, 0.5) is 0 Å². The molecule has 4 N–H and O–H groups in total. The Balaban J connectivity index is 1.29. The van der Waals surface area contributed by atoms with Crippen LogP contribution < -0.4 is 10.6 Å². The van der Waals surface area contributed by atoms with Gasteiger partial charge in [0.2, 0.25) is 11.7 Å². The molecule has 1 saturated heterocycles. The second-order valence-electron chi connectivity index (χ2n) is 12.2. The van der Waals surface area contributed by atoms with Gasteiger partial charge in [0.1, 0.15) is 24.9 Å². The molecule has 0 aromatic heterocycles. The fourth-order valence-electron chi connectivity index (χ4n) is 6.25. The van der Waals surface area contributed by atoms with Crippen molar-refractivity contribution in [2.24, 2.45) is 0 Å². The minimum absolute atomic E-state index is 0.0446. The number of ether oxygens (including phenoxy) is 4. The molecule has 1 aliphatic heterocycles. The third-order valence-electron chi connectivity index (χ3n) is 8.71. The van der Waals surface area contributed by atoms with Crippen molar-refractivity contribution in [3.05, 3.63) is 160 Å². The number of carbonyl (C=O) groups is 3. The Hall–Kier alpha value is -5.59. The van der Waals surface area contributed by atoms with Crippen molar-refractivity contribution in [1.82, 2.24) is 10.6 Å². The third-order valence-corrected chi connectivity index (χ3v) is 8.71. The maximum absolute atomic E-state index is 13.9. The first kappa shape index (κ1) is 36.2. The summed E-state index contributed by atoms with van der Waals surface area (Å²) in [6, 6.07) is 32.7. The molecule has 11 nitrogen and oxygen atoms in total. The van der Waals surface area contributed by atoms with E-state index in [1.54, 1.807) is 60.7 Å². The normalized spacial score (nSPS) is 19.0. The standard InChI is InChI=1S/C41H40N2O9/c44-20-19-42-38(46)30-12-9-10-28(24-30)27-43-39(47)31-25-35(50-40(48)34-17-8-7-11-29(34)18-22-49-23-21-45)37-36(26-31)51-41(52-37,32-13-3-1-4-14-32)33-15-5-2-6-16-33/h1-18,22,24,26,35-37,44-45H,19-21,23,25,27H2,(H,42,46)(H,43,47). The molecule has 4 aromatic rings. The van der Waals surface area contributed by atoms with E-state index in [4.69, 9.17) is 29.2 Å². The molecule has 1 heterocycles. The molecule has 0 bridgehead atoms. The number of carbonyl (C=O) groups excluding carboxylic acids is 3. The number of hydrogen-bond acceptors (Lipinski definition) is 9. The van der Waals surface area contributed by atoms with Gasteiger partial charge in [0.05, 0.1) is 25.0 Å². The number of rotatable bonds is 14. The Morgan fingerprint density at radius 3 is 2.23 bits per heavy atom. The van der Waals surface area contributed by atoms with Crippen molar-refractivity contribution in [2.75, 3.05) is 26.4 Å². The van der Waals surface area contributed by atoms with Gasteiger partial charge >= 0.3 is 5.97 Å². The molecule has 2 amide bonds. The Bertz CT molecular complexity index is 1870. The molecule has 3 unspecified atom stereocenters. The van der Waals surface area contributed by atoms with Crippen molar-refractivity contribution < 1.29 is 43.5 Å². The molecule has 1 aliphatic carbocycles. The van der Waals surface area contributed by atoms with Crippen molar-refractivity contribution in [1.29, 1.82) is 0 Å². The van der Waals surface area contributed by atoms with Gasteiger partial charge in [0.25, 0.3) is 5.91 Å². The molecule has 0 spiro atoms. The number of amides is 2. The molecule has 11 heteroatoms. The van der Waals surface area contributed by atoms with Crippen molar-refractivity contribution in [2.45, 2.75) is 37.1 Å². The quantitative estimate of drug-likeness (QED) is 0.0858. The van der Waals surface area contributed by atoms with Crippen molar-refractivity contribution >= 4 is 23.9 Å². The number of hydrogen-bond donors (Lipinski definition) is 4. The molecule has 2 aliphatic rings. The van der Waals surface area contributed by atoms with Gasteiger partial charge in [-0.05, 0) is 41.5 Å². The summed E-state index contributed by atoms with van der Waals surface area (Å²) >= 11 is 0. The summed E-state index contributed by atoms with van der Waals surface area (Å²) in [4.78, 5) is 40.1. The van der Waals surface area contributed by atoms with E-state index in [0.29, 0.717) is 22.3 Å². The van der Waals surface area contributed by atoms with E-state index >= 15 is 0 Å². The first-order valence-corrected chi connectivity index (χ1v) is 17.0.